The zero-order chi connectivity index (χ0) is 18.1. The van der Waals surface area contributed by atoms with E-state index in [9.17, 15) is 18.0 Å². The van der Waals surface area contributed by atoms with Crippen LogP contribution in [0.4, 0.5) is 0 Å². The monoisotopic (exact) mass is 383 g/mol. The van der Waals surface area contributed by atoms with Gasteiger partial charge in [-0.25, -0.2) is 13.2 Å². The van der Waals surface area contributed by atoms with E-state index in [0.717, 1.165) is 12.8 Å². The van der Waals surface area contributed by atoms with Gasteiger partial charge in [0.25, 0.3) is 0 Å². The maximum atomic E-state index is 12.9. The number of ether oxygens (including phenoxy) is 1. The average molecular weight is 384 g/mol. The van der Waals surface area contributed by atoms with Gasteiger partial charge in [0.05, 0.1) is 17.9 Å². The molecule has 0 amide bonds. The molecule has 9 heteroatoms. The first kappa shape index (κ1) is 17.6. The van der Waals surface area contributed by atoms with Gasteiger partial charge in [-0.3, -0.25) is 4.79 Å². The van der Waals surface area contributed by atoms with Crippen LogP contribution >= 0.6 is 11.6 Å². The molecular formula is C16H14ClNO6S. The van der Waals surface area contributed by atoms with Crippen LogP contribution in [-0.2, 0) is 21.2 Å². The number of carbonyl (C=O) groups excluding carboxylic acids is 2. The number of ketones is 1. The van der Waals surface area contributed by atoms with Gasteiger partial charge in [0.2, 0.25) is 11.5 Å². The molecule has 0 aliphatic heterocycles. The second-order valence-electron chi connectivity index (χ2n) is 5.67. The number of hydrogen-bond acceptors (Lipinski definition) is 7. The number of esters is 1. The first-order valence-electron chi connectivity index (χ1n) is 7.45. The summed E-state index contributed by atoms with van der Waals surface area (Å²) in [6.07, 6.45) is 1.69. The fraction of sp³-hybridized carbons (Fsp3) is 0.312. The Hall–Kier alpha value is -2.19. The van der Waals surface area contributed by atoms with Gasteiger partial charge in [0, 0.05) is 11.5 Å². The van der Waals surface area contributed by atoms with Crippen molar-refractivity contribution < 1.29 is 27.3 Å². The number of hydrogen-bond donors (Lipinski definition) is 1. The minimum Gasteiger partial charge on any atom is -0.464 e. The van der Waals surface area contributed by atoms with Crippen LogP contribution in [0, 0.1) is 0 Å². The van der Waals surface area contributed by atoms with Gasteiger partial charge in [0.1, 0.15) is 16.3 Å². The molecule has 1 aliphatic rings. The summed E-state index contributed by atoms with van der Waals surface area (Å²) in [6.45, 7) is 0. The summed E-state index contributed by atoms with van der Waals surface area (Å²) in [5, 5.41) is 3.78. The van der Waals surface area contributed by atoms with Gasteiger partial charge >= 0.3 is 5.97 Å². The summed E-state index contributed by atoms with van der Waals surface area (Å²) in [7, 11) is -1.41. The van der Waals surface area contributed by atoms with Gasteiger partial charge in [-0.1, -0.05) is 22.8 Å². The van der Waals surface area contributed by atoms with Crippen molar-refractivity contribution in [2.24, 2.45) is 0 Å². The quantitative estimate of drug-likeness (QED) is 0.463. The average Bonchev–Trinajstić information content (AvgIpc) is 3.31. The van der Waals surface area contributed by atoms with Crippen molar-refractivity contribution in [2.75, 3.05) is 7.11 Å². The van der Waals surface area contributed by atoms with Gasteiger partial charge in [-0.05, 0) is 30.5 Å². The summed E-state index contributed by atoms with van der Waals surface area (Å²) < 4.78 is 31.5. The number of halogens is 1. The zero-order valence-corrected chi connectivity index (χ0v) is 14.8. The Labute approximate surface area is 149 Å². The molecule has 1 aromatic carbocycles. The van der Waals surface area contributed by atoms with Gasteiger partial charge in [-0.15, -0.1) is 0 Å². The van der Waals surface area contributed by atoms with E-state index in [1.807, 2.05) is 0 Å². The summed E-state index contributed by atoms with van der Waals surface area (Å²) in [4.78, 5) is 24.8. The predicted molar refractivity (Wildman–Crippen MR) is 88.7 cm³/mol. The fourth-order valence-electron chi connectivity index (χ4n) is 2.51. The maximum absolute atomic E-state index is 12.9. The number of carbonyl (C=O) groups is 2. The Morgan fingerprint density at radius 3 is 2.64 bits per heavy atom. The van der Waals surface area contributed by atoms with Crippen LogP contribution in [0.1, 0.15) is 56.5 Å². The van der Waals surface area contributed by atoms with E-state index in [4.69, 9.17) is 16.1 Å². The van der Waals surface area contributed by atoms with Crippen LogP contribution in [0.2, 0.25) is 5.02 Å². The molecule has 132 valence electrons. The van der Waals surface area contributed by atoms with E-state index in [0.29, 0.717) is 11.3 Å². The molecule has 2 aromatic rings. The van der Waals surface area contributed by atoms with E-state index < -0.39 is 22.5 Å². The minimum atomic E-state index is -2.60. The minimum absolute atomic E-state index is 0.0485. The summed E-state index contributed by atoms with van der Waals surface area (Å²) in [5.41, 5.74) is 0.483. The molecule has 0 atom stereocenters. The Bertz CT molecular complexity index is 921. The molecule has 3 rings (SSSR count). The van der Waals surface area contributed by atoms with Crippen LogP contribution in [0.3, 0.4) is 0 Å². The Balaban J connectivity index is 2.03. The van der Waals surface area contributed by atoms with Crippen molar-refractivity contribution in [3.05, 3.63) is 51.4 Å². The van der Waals surface area contributed by atoms with Crippen molar-refractivity contribution in [3.8, 4) is 0 Å². The van der Waals surface area contributed by atoms with Crippen LogP contribution in [0.5, 0.6) is 0 Å². The highest BCUT2D eigenvalue weighted by Crippen LogP contribution is 2.43. The molecule has 0 saturated heterocycles. The van der Waals surface area contributed by atoms with E-state index >= 15 is 0 Å². The van der Waals surface area contributed by atoms with E-state index in [2.05, 4.69) is 9.89 Å². The SMILES string of the molecule is COC(=O)c1noc(C2CC2)c1C(=O)c1ccc(C[SH](=O)=O)cc1Cl. The molecule has 1 heterocycles. The van der Waals surface area contributed by atoms with Crippen LogP contribution in [0.15, 0.2) is 22.7 Å². The molecule has 0 N–H and O–H groups in total. The molecular weight excluding hydrogens is 370 g/mol. The second kappa shape index (κ2) is 6.97. The number of aromatic nitrogens is 1. The molecule has 1 aromatic heterocycles. The fourth-order valence-corrected chi connectivity index (χ4v) is 3.29. The molecule has 0 spiro atoms. The Morgan fingerprint density at radius 1 is 1.36 bits per heavy atom. The lowest BCUT2D eigenvalue weighted by Gasteiger charge is -2.06. The van der Waals surface area contributed by atoms with Gasteiger partial charge in [0.15, 0.2) is 5.76 Å². The highest BCUT2D eigenvalue weighted by molar-refractivity contribution is 7.71. The van der Waals surface area contributed by atoms with Crippen molar-refractivity contribution in [2.45, 2.75) is 24.5 Å². The summed E-state index contributed by atoms with van der Waals surface area (Å²) in [5.74, 6) is -1.04. The lowest BCUT2D eigenvalue weighted by atomic mass is 9.98. The molecule has 7 nitrogen and oxygen atoms in total. The van der Waals surface area contributed by atoms with Gasteiger partial charge < -0.3 is 9.26 Å². The first-order valence-corrected chi connectivity index (χ1v) is 9.19. The highest BCUT2D eigenvalue weighted by atomic mass is 35.5. The Morgan fingerprint density at radius 2 is 2.08 bits per heavy atom. The third kappa shape index (κ3) is 3.59. The zero-order valence-electron chi connectivity index (χ0n) is 13.2. The lowest BCUT2D eigenvalue weighted by Crippen LogP contribution is -2.12. The van der Waals surface area contributed by atoms with E-state index in [-0.39, 0.29) is 33.5 Å². The highest BCUT2D eigenvalue weighted by Gasteiger charge is 2.37. The largest absolute Gasteiger partial charge is 0.464 e. The van der Waals surface area contributed by atoms with Crippen LogP contribution < -0.4 is 0 Å². The molecule has 1 saturated carbocycles. The molecule has 1 fully saturated rings. The molecule has 0 unspecified atom stereocenters. The predicted octanol–water partition coefficient (Wildman–Crippen LogP) is 2.33. The number of methoxy groups -OCH3 is 1. The van der Waals surface area contributed by atoms with Crippen molar-refractivity contribution in [1.29, 1.82) is 0 Å². The second-order valence-corrected chi connectivity index (χ2v) is 7.06. The van der Waals surface area contributed by atoms with Crippen molar-refractivity contribution >= 4 is 34.1 Å². The van der Waals surface area contributed by atoms with Crippen molar-refractivity contribution in [3.63, 3.8) is 0 Å². The summed E-state index contributed by atoms with van der Waals surface area (Å²) in [6, 6.07) is 4.36. The number of benzene rings is 1. The van der Waals surface area contributed by atoms with E-state index in [1.165, 1.54) is 25.3 Å². The van der Waals surface area contributed by atoms with Gasteiger partial charge in [-0.2, -0.15) is 0 Å². The van der Waals surface area contributed by atoms with Crippen LogP contribution in [0.25, 0.3) is 0 Å². The third-order valence-electron chi connectivity index (χ3n) is 3.86. The maximum Gasteiger partial charge on any atom is 0.361 e. The molecule has 0 radical (unpaired) electrons. The third-order valence-corrected chi connectivity index (χ3v) is 4.80. The molecule has 0 bridgehead atoms. The molecule has 1 aliphatic carbocycles. The smallest absolute Gasteiger partial charge is 0.361 e. The molecule has 25 heavy (non-hydrogen) atoms. The number of rotatable bonds is 6. The lowest BCUT2D eigenvalue weighted by molar-refractivity contribution is 0.0586. The summed E-state index contributed by atoms with van der Waals surface area (Å²) >= 11 is 6.15. The van der Waals surface area contributed by atoms with Crippen LogP contribution in [-0.4, -0.2) is 32.4 Å². The Kier molecular flexibility index (Phi) is 4.91. The first-order chi connectivity index (χ1) is 11.9. The van der Waals surface area contributed by atoms with Crippen molar-refractivity contribution in [1.82, 2.24) is 5.16 Å². The standard InChI is InChI=1S/C16H14ClNO6S/c1-23-16(20)13-12(15(24-18-13)9-3-4-9)14(19)10-5-2-8(6-11(10)17)7-25(21)22/h2,5-6,9,25H,3-4,7H2,1H3. The normalized spacial score (nSPS) is 13.9. The van der Waals surface area contributed by atoms with E-state index in [1.54, 1.807) is 0 Å². The number of nitrogens with zero attached hydrogens (tertiary/aromatic N) is 1. The number of thiol groups is 1. The topological polar surface area (TPSA) is 104 Å².